The highest BCUT2D eigenvalue weighted by Crippen LogP contribution is 2.38. The number of phenolic OH excluding ortho intramolecular Hbond substituents is 1. The smallest absolute Gasteiger partial charge is 0.302 e. The van der Waals surface area contributed by atoms with Crippen molar-refractivity contribution in [1.82, 2.24) is 10.7 Å². The van der Waals surface area contributed by atoms with Gasteiger partial charge >= 0.3 is 5.97 Å². The number of benzene rings is 1. The molecule has 0 atom stereocenters. The Morgan fingerprint density at radius 3 is 2.64 bits per heavy atom. The lowest BCUT2D eigenvalue weighted by Crippen LogP contribution is -2.34. The van der Waals surface area contributed by atoms with Crippen LogP contribution in [0.25, 0.3) is 0 Å². The number of phenols is 1. The standard InChI is InChI=1S/C15H21N3O6S/c1-10(19)24-7-6-23-9-16-15(25)18-17-8-11-4-5-12(20)14(22-3)13(11)21-2/h4-5,8,20H,6-7,9H2,1-3H3,(H2,16,18,25)/b17-8-. The molecule has 0 saturated heterocycles. The summed E-state index contributed by atoms with van der Waals surface area (Å²) in [4.78, 5) is 10.6. The number of esters is 1. The van der Waals surface area contributed by atoms with E-state index < -0.39 is 0 Å². The minimum Gasteiger partial charge on any atom is -0.504 e. The average Bonchev–Trinajstić information content (AvgIpc) is 2.58. The maximum atomic E-state index is 10.6. The molecule has 10 heteroatoms. The van der Waals surface area contributed by atoms with E-state index in [4.69, 9.17) is 31.2 Å². The van der Waals surface area contributed by atoms with Crippen molar-refractivity contribution in [1.29, 1.82) is 0 Å². The number of carbonyl (C=O) groups excluding carboxylic acids is 1. The zero-order valence-electron chi connectivity index (χ0n) is 14.2. The van der Waals surface area contributed by atoms with Crippen LogP contribution < -0.4 is 20.2 Å². The number of hydrogen-bond acceptors (Lipinski definition) is 8. The zero-order chi connectivity index (χ0) is 18.7. The quantitative estimate of drug-likeness (QED) is 0.145. The van der Waals surface area contributed by atoms with Gasteiger partial charge in [0, 0.05) is 12.5 Å². The van der Waals surface area contributed by atoms with E-state index in [1.807, 2.05) is 0 Å². The number of methoxy groups -OCH3 is 2. The van der Waals surface area contributed by atoms with Crippen molar-refractivity contribution in [3.63, 3.8) is 0 Å². The van der Waals surface area contributed by atoms with E-state index in [0.29, 0.717) is 11.3 Å². The highest BCUT2D eigenvalue weighted by atomic mass is 32.1. The van der Waals surface area contributed by atoms with Gasteiger partial charge in [-0.05, 0) is 24.4 Å². The predicted octanol–water partition coefficient (Wildman–Crippen LogP) is 0.745. The van der Waals surface area contributed by atoms with E-state index in [0.717, 1.165) is 0 Å². The first-order chi connectivity index (χ1) is 12.0. The van der Waals surface area contributed by atoms with Gasteiger partial charge in [0.15, 0.2) is 16.6 Å². The number of ether oxygens (including phenoxy) is 4. The van der Waals surface area contributed by atoms with E-state index in [9.17, 15) is 9.90 Å². The normalized spacial score (nSPS) is 10.4. The largest absolute Gasteiger partial charge is 0.504 e. The third-order valence-electron chi connectivity index (χ3n) is 2.77. The van der Waals surface area contributed by atoms with Crippen molar-refractivity contribution in [3.05, 3.63) is 17.7 Å². The van der Waals surface area contributed by atoms with Crippen LogP contribution in [0.4, 0.5) is 0 Å². The van der Waals surface area contributed by atoms with E-state index in [1.165, 1.54) is 33.4 Å². The van der Waals surface area contributed by atoms with Crippen molar-refractivity contribution in [3.8, 4) is 17.2 Å². The molecule has 1 rings (SSSR count). The molecule has 1 aromatic rings. The molecule has 0 aliphatic carbocycles. The Bertz CT molecular complexity index is 624. The molecule has 0 spiro atoms. The first-order valence-corrected chi connectivity index (χ1v) is 7.62. The maximum Gasteiger partial charge on any atom is 0.302 e. The summed E-state index contributed by atoms with van der Waals surface area (Å²) in [5, 5.41) is 16.7. The van der Waals surface area contributed by atoms with Gasteiger partial charge in [-0.2, -0.15) is 5.10 Å². The van der Waals surface area contributed by atoms with Crippen LogP contribution in [-0.2, 0) is 14.3 Å². The minimum atomic E-state index is -0.357. The topological polar surface area (TPSA) is 111 Å². The minimum absolute atomic E-state index is 0.0347. The Kier molecular flexibility index (Phi) is 9.04. The monoisotopic (exact) mass is 371 g/mol. The molecule has 0 bridgehead atoms. The van der Waals surface area contributed by atoms with Gasteiger partial charge in [-0.15, -0.1) is 0 Å². The summed E-state index contributed by atoms with van der Waals surface area (Å²) in [5.41, 5.74) is 3.20. The van der Waals surface area contributed by atoms with Gasteiger partial charge in [0.05, 0.1) is 27.0 Å². The van der Waals surface area contributed by atoms with Gasteiger partial charge in [0.2, 0.25) is 5.75 Å². The average molecular weight is 371 g/mol. The summed E-state index contributed by atoms with van der Waals surface area (Å²) >= 11 is 5.02. The third-order valence-corrected chi connectivity index (χ3v) is 3.00. The highest BCUT2D eigenvalue weighted by Gasteiger charge is 2.13. The number of nitrogens with zero attached hydrogens (tertiary/aromatic N) is 1. The first kappa shape index (κ1) is 20.5. The summed E-state index contributed by atoms with van der Waals surface area (Å²) in [6.07, 6.45) is 1.47. The Morgan fingerprint density at radius 1 is 1.28 bits per heavy atom. The lowest BCUT2D eigenvalue weighted by molar-refractivity contribution is -0.142. The maximum absolute atomic E-state index is 10.6. The van der Waals surface area contributed by atoms with Gasteiger partial charge in [-0.25, -0.2) is 0 Å². The number of carbonyl (C=O) groups is 1. The second kappa shape index (κ2) is 11.0. The Morgan fingerprint density at radius 2 is 2.00 bits per heavy atom. The van der Waals surface area contributed by atoms with Gasteiger partial charge in [0.25, 0.3) is 0 Å². The molecule has 0 heterocycles. The molecule has 0 unspecified atom stereocenters. The van der Waals surface area contributed by atoms with Crippen LogP contribution in [0.3, 0.4) is 0 Å². The summed E-state index contributed by atoms with van der Waals surface area (Å²) in [7, 11) is 2.89. The molecule has 25 heavy (non-hydrogen) atoms. The van der Waals surface area contributed by atoms with E-state index >= 15 is 0 Å². The summed E-state index contributed by atoms with van der Waals surface area (Å²) in [5.74, 6) is 0.172. The van der Waals surface area contributed by atoms with Crippen LogP contribution in [0, 0.1) is 0 Å². The summed E-state index contributed by atoms with van der Waals surface area (Å²) in [6, 6.07) is 3.09. The Labute approximate surface area is 150 Å². The van der Waals surface area contributed by atoms with Crippen LogP contribution in [0.5, 0.6) is 17.2 Å². The van der Waals surface area contributed by atoms with Crippen LogP contribution in [0.15, 0.2) is 17.2 Å². The van der Waals surface area contributed by atoms with Crippen molar-refractivity contribution in [2.75, 3.05) is 34.2 Å². The second-order valence-corrected chi connectivity index (χ2v) is 4.92. The van der Waals surface area contributed by atoms with Crippen molar-refractivity contribution < 1.29 is 28.8 Å². The summed E-state index contributed by atoms with van der Waals surface area (Å²) in [6.45, 7) is 1.90. The SMILES string of the molecule is COc1c(O)ccc(/C=N\NC(=S)NCOCCOC(C)=O)c1OC. The first-order valence-electron chi connectivity index (χ1n) is 7.21. The predicted molar refractivity (Wildman–Crippen MR) is 95.1 cm³/mol. The molecule has 0 radical (unpaired) electrons. The van der Waals surface area contributed by atoms with Crippen molar-refractivity contribution >= 4 is 29.5 Å². The lowest BCUT2D eigenvalue weighted by Gasteiger charge is -2.11. The zero-order valence-corrected chi connectivity index (χ0v) is 15.0. The van der Waals surface area contributed by atoms with Crippen molar-refractivity contribution in [2.45, 2.75) is 6.92 Å². The number of hydrazone groups is 1. The molecular weight excluding hydrogens is 350 g/mol. The highest BCUT2D eigenvalue weighted by molar-refractivity contribution is 7.80. The third kappa shape index (κ3) is 7.23. The molecule has 0 saturated carbocycles. The van der Waals surface area contributed by atoms with Crippen LogP contribution in [-0.4, -0.2) is 56.6 Å². The molecule has 9 nitrogen and oxygen atoms in total. The second-order valence-electron chi connectivity index (χ2n) is 4.51. The molecule has 0 aliphatic heterocycles. The van der Waals surface area contributed by atoms with Gasteiger partial charge < -0.3 is 29.4 Å². The van der Waals surface area contributed by atoms with Gasteiger partial charge in [0.1, 0.15) is 13.3 Å². The Hall–Kier alpha value is -2.59. The van der Waals surface area contributed by atoms with E-state index in [2.05, 4.69) is 15.8 Å². The molecular formula is C15H21N3O6S. The van der Waals surface area contributed by atoms with Crippen LogP contribution in [0.1, 0.15) is 12.5 Å². The van der Waals surface area contributed by atoms with Gasteiger partial charge in [-0.3, -0.25) is 10.2 Å². The van der Waals surface area contributed by atoms with Crippen LogP contribution >= 0.6 is 12.2 Å². The van der Waals surface area contributed by atoms with Crippen molar-refractivity contribution in [2.24, 2.45) is 5.10 Å². The number of rotatable bonds is 9. The lowest BCUT2D eigenvalue weighted by atomic mass is 10.2. The number of nitrogens with one attached hydrogen (secondary N) is 2. The number of aromatic hydroxyl groups is 1. The van der Waals surface area contributed by atoms with E-state index in [1.54, 1.807) is 6.07 Å². The Balaban J connectivity index is 2.42. The fourth-order valence-electron chi connectivity index (χ4n) is 1.71. The fourth-order valence-corrected chi connectivity index (χ4v) is 1.82. The molecule has 0 aromatic heterocycles. The molecule has 0 aliphatic rings. The molecule has 138 valence electrons. The molecule has 3 N–H and O–H groups in total. The molecule has 0 amide bonds. The number of thiocarbonyl (C=S) groups is 1. The van der Waals surface area contributed by atoms with Gasteiger partial charge in [-0.1, -0.05) is 0 Å². The van der Waals surface area contributed by atoms with Crippen LogP contribution in [0.2, 0.25) is 0 Å². The molecule has 1 aromatic carbocycles. The molecule has 0 fully saturated rings. The number of hydrogen-bond donors (Lipinski definition) is 3. The summed E-state index contributed by atoms with van der Waals surface area (Å²) < 4.78 is 20.2. The van der Waals surface area contributed by atoms with E-state index in [-0.39, 0.29) is 42.5 Å². The fraction of sp³-hybridized carbons (Fsp3) is 0.400.